The second kappa shape index (κ2) is 8.20. The molecule has 3 amide bonds. The van der Waals surface area contributed by atoms with E-state index in [1.165, 1.54) is 11.8 Å². The molecular weight excluding hydrogens is 373 g/mol. The number of rotatable bonds is 3. The summed E-state index contributed by atoms with van der Waals surface area (Å²) in [4.78, 5) is 26.9. The van der Waals surface area contributed by atoms with E-state index in [-0.39, 0.29) is 5.91 Å². The van der Waals surface area contributed by atoms with Crippen LogP contribution in [0.5, 0.6) is 0 Å². The van der Waals surface area contributed by atoms with Gasteiger partial charge in [-0.1, -0.05) is 0 Å². The summed E-state index contributed by atoms with van der Waals surface area (Å²) in [6, 6.07) is 8.50. The van der Waals surface area contributed by atoms with Crippen LogP contribution < -0.4 is 15.5 Å². The van der Waals surface area contributed by atoms with Gasteiger partial charge in [-0.25, -0.2) is 18.0 Å². The van der Waals surface area contributed by atoms with Gasteiger partial charge in [-0.15, -0.1) is 0 Å². The van der Waals surface area contributed by atoms with Crippen LogP contribution in [-0.2, 0) is 4.79 Å². The number of piperazine rings is 1. The Hall–Kier alpha value is -3.23. The van der Waals surface area contributed by atoms with Crippen molar-refractivity contribution in [3.05, 3.63) is 53.8 Å². The Balaban J connectivity index is 1.57. The van der Waals surface area contributed by atoms with Crippen molar-refractivity contribution in [3.8, 4) is 0 Å². The molecule has 1 saturated heterocycles. The number of benzene rings is 2. The molecule has 0 aromatic heterocycles. The standard InChI is InChI=1S/C19H19F3N4O2/c1-12(27)23-13-2-4-14(5-3-13)25-8-10-26(11-9-25)19(28)24-16-7-6-15(20)17(21)18(16)22/h2-7H,8-11H2,1H3,(H,23,27)(H,24,28). The fraction of sp³-hybridized carbons (Fsp3) is 0.263. The smallest absolute Gasteiger partial charge is 0.322 e. The fourth-order valence-corrected chi connectivity index (χ4v) is 2.94. The first kappa shape index (κ1) is 19.5. The minimum Gasteiger partial charge on any atom is -0.368 e. The summed E-state index contributed by atoms with van der Waals surface area (Å²) in [5.41, 5.74) is 1.24. The number of urea groups is 1. The summed E-state index contributed by atoms with van der Waals surface area (Å²) >= 11 is 0. The minimum atomic E-state index is -1.62. The molecule has 2 aromatic rings. The predicted molar refractivity (Wildman–Crippen MR) is 99.9 cm³/mol. The van der Waals surface area contributed by atoms with Gasteiger partial charge < -0.3 is 20.4 Å². The molecule has 0 saturated carbocycles. The van der Waals surface area contributed by atoms with Crippen LogP contribution in [0.2, 0.25) is 0 Å². The first-order chi connectivity index (χ1) is 13.3. The van der Waals surface area contributed by atoms with Gasteiger partial charge in [0.25, 0.3) is 0 Å². The van der Waals surface area contributed by atoms with Gasteiger partial charge in [0.2, 0.25) is 5.91 Å². The molecule has 6 nitrogen and oxygen atoms in total. The monoisotopic (exact) mass is 392 g/mol. The van der Waals surface area contributed by atoms with Crippen molar-refractivity contribution in [2.75, 3.05) is 41.7 Å². The number of carbonyl (C=O) groups is 2. The first-order valence-corrected chi connectivity index (χ1v) is 8.67. The van der Waals surface area contributed by atoms with Crippen molar-refractivity contribution in [1.29, 1.82) is 0 Å². The average Bonchev–Trinajstić information content (AvgIpc) is 2.68. The van der Waals surface area contributed by atoms with Gasteiger partial charge in [0, 0.05) is 44.5 Å². The van der Waals surface area contributed by atoms with E-state index in [9.17, 15) is 22.8 Å². The van der Waals surface area contributed by atoms with Crippen molar-refractivity contribution in [2.45, 2.75) is 6.92 Å². The quantitative estimate of drug-likeness (QED) is 0.787. The third-order valence-corrected chi connectivity index (χ3v) is 4.40. The molecule has 9 heteroatoms. The number of carbonyl (C=O) groups excluding carboxylic acids is 2. The van der Waals surface area contributed by atoms with Gasteiger partial charge in [-0.05, 0) is 36.4 Å². The first-order valence-electron chi connectivity index (χ1n) is 8.67. The Morgan fingerprint density at radius 1 is 0.857 bits per heavy atom. The van der Waals surface area contributed by atoms with Gasteiger partial charge in [0.05, 0.1) is 5.69 Å². The lowest BCUT2D eigenvalue weighted by Crippen LogP contribution is -2.50. The van der Waals surface area contributed by atoms with Gasteiger partial charge in [0.15, 0.2) is 17.5 Å². The van der Waals surface area contributed by atoms with E-state index in [0.29, 0.717) is 31.9 Å². The summed E-state index contributed by atoms with van der Waals surface area (Å²) in [6.45, 7) is 3.29. The van der Waals surface area contributed by atoms with E-state index in [2.05, 4.69) is 15.5 Å². The number of hydrogen-bond acceptors (Lipinski definition) is 3. The predicted octanol–water partition coefficient (Wildman–Crippen LogP) is 3.42. The number of anilines is 3. The highest BCUT2D eigenvalue weighted by atomic mass is 19.2. The largest absolute Gasteiger partial charge is 0.368 e. The number of halogens is 3. The summed E-state index contributed by atoms with van der Waals surface area (Å²) in [5, 5.41) is 4.97. The third-order valence-electron chi connectivity index (χ3n) is 4.40. The molecule has 148 valence electrons. The Morgan fingerprint density at radius 3 is 2.11 bits per heavy atom. The molecule has 1 aliphatic rings. The van der Waals surface area contributed by atoms with Gasteiger partial charge in [-0.3, -0.25) is 4.79 Å². The summed E-state index contributed by atoms with van der Waals surface area (Å²) in [6.07, 6.45) is 0. The molecule has 1 fully saturated rings. The summed E-state index contributed by atoms with van der Waals surface area (Å²) in [7, 11) is 0. The average molecular weight is 392 g/mol. The molecule has 0 aliphatic carbocycles. The minimum absolute atomic E-state index is 0.148. The Morgan fingerprint density at radius 2 is 1.50 bits per heavy atom. The van der Waals surface area contributed by atoms with Crippen LogP contribution in [0.3, 0.4) is 0 Å². The maximum Gasteiger partial charge on any atom is 0.322 e. The Labute approximate surface area is 159 Å². The van der Waals surface area contributed by atoms with Gasteiger partial charge >= 0.3 is 6.03 Å². The molecule has 2 N–H and O–H groups in total. The van der Waals surface area contributed by atoms with Crippen molar-refractivity contribution in [1.82, 2.24) is 4.90 Å². The highest BCUT2D eigenvalue weighted by molar-refractivity contribution is 5.90. The molecule has 0 unspecified atom stereocenters. The molecule has 3 rings (SSSR count). The van der Waals surface area contributed by atoms with Crippen molar-refractivity contribution >= 4 is 29.0 Å². The van der Waals surface area contributed by atoms with E-state index in [1.807, 2.05) is 12.1 Å². The number of nitrogens with one attached hydrogen (secondary N) is 2. The van der Waals surface area contributed by atoms with E-state index in [0.717, 1.165) is 17.8 Å². The zero-order valence-electron chi connectivity index (χ0n) is 15.1. The van der Waals surface area contributed by atoms with E-state index in [1.54, 1.807) is 12.1 Å². The lowest BCUT2D eigenvalue weighted by molar-refractivity contribution is -0.114. The normalized spacial score (nSPS) is 14.0. The van der Waals surface area contributed by atoms with Crippen LogP contribution in [0.25, 0.3) is 0 Å². The van der Waals surface area contributed by atoms with Gasteiger partial charge in [0.1, 0.15) is 0 Å². The molecule has 0 radical (unpaired) electrons. The highest BCUT2D eigenvalue weighted by Crippen LogP contribution is 2.22. The maximum absolute atomic E-state index is 13.7. The third kappa shape index (κ3) is 4.36. The number of amides is 3. The van der Waals surface area contributed by atoms with Crippen LogP contribution in [0.15, 0.2) is 36.4 Å². The second-order valence-corrected chi connectivity index (χ2v) is 6.36. The van der Waals surface area contributed by atoms with Crippen molar-refractivity contribution < 1.29 is 22.8 Å². The highest BCUT2D eigenvalue weighted by Gasteiger charge is 2.23. The fourth-order valence-electron chi connectivity index (χ4n) is 2.94. The molecule has 1 aliphatic heterocycles. The van der Waals surface area contributed by atoms with Crippen LogP contribution in [-0.4, -0.2) is 43.0 Å². The molecular formula is C19H19F3N4O2. The van der Waals surface area contributed by atoms with Crippen LogP contribution in [0.4, 0.5) is 35.0 Å². The molecule has 28 heavy (non-hydrogen) atoms. The van der Waals surface area contributed by atoms with Crippen LogP contribution in [0.1, 0.15) is 6.92 Å². The van der Waals surface area contributed by atoms with E-state index < -0.39 is 29.2 Å². The van der Waals surface area contributed by atoms with E-state index in [4.69, 9.17) is 0 Å². The summed E-state index contributed by atoms with van der Waals surface area (Å²) < 4.78 is 40.0. The SMILES string of the molecule is CC(=O)Nc1ccc(N2CCN(C(=O)Nc3ccc(F)c(F)c3F)CC2)cc1. The van der Waals surface area contributed by atoms with Crippen LogP contribution >= 0.6 is 0 Å². The topological polar surface area (TPSA) is 64.7 Å². The van der Waals surface area contributed by atoms with Crippen LogP contribution in [0, 0.1) is 17.5 Å². The number of hydrogen-bond donors (Lipinski definition) is 2. The zero-order chi connectivity index (χ0) is 20.3. The zero-order valence-corrected chi connectivity index (χ0v) is 15.1. The Kier molecular flexibility index (Phi) is 5.72. The molecule has 0 spiro atoms. The molecule has 2 aromatic carbocycles. The lowest BCUT2D eigenvalue weighted by atomic mass is 10.2. The van der Waals surface area contributed by atoms with E-state index >= 15 is 0 Å². The molecule has 1 heterocycles. The van der Waals surface area contributed by atoms with Crippen molar-refractivity contribution in [2.24, 2.45) is 0 Å². The lowest BCUT2D eigenvalue weighted by Gasteiger charge is -2.36. The van der Waals surface area contributed by atoms with Crippen molar-refractivity contribution in [3.63, 3.8) is 0 Å². The second-order valence-electron chi connectivity index (χ2n) is 6.36. The van der Waals surface area contributed by atoms with Gasteiger partial charge in [-0.2, -0.15) is 0 Å². The molecule has 0 bridgehead atoms. The number of nitrogens with zero attached hydrogens (tertiary/aromatic N) is 2. The molecule has 0 atom stereocenters. The maximum atomic E-state index is 13.7. The Bertz CT molecular complexity index is 881. The summed E-state index contributed by atoms with van der Waals surface area (Å²) in [5.74, 6) is -4.50.